The minimum Gasteiger partial charge on any atom is -0.497 e. The first-order valence-electron chi connectivity index (χ1n) is 4.39. The number of carboxylic acids is 1. The normalized spacial score (nSPS) is 10.9. The van der Waals surface area contributed by atoms with Gasteiger partial charge in [-0.05, 0) is 23.8 Å². The van der Waals surface area contributed by atoms with E-state index < -0.39 is 5.97 Å². The monoisotopic (exact) mass is 204 g/mol. The Hall–Kier alpha value is -2.03. The Morgan fingerprint density at radius 3 is 2.40 bits per heavy atom. The van der Waals surface area contributed by atoms with Crippen molar-refractivity contribution in [1.82, 2.24) is 0 Å². The molecule has 0 unspecified atom stereocenters. The number of hydrogen-bond acceptors (Lipinski definition) is 2. The molecule has 0 bridgehead atoms. The number of carbonyl (C=O) groups is 1. The van der Waals surface area contributed by atoms with Gasteiger partial charge in [0.15, 0.2) is 0 Å². The third-order valence-corrected chi connectivity index (χ3v) is 1.90. The number of methoxy groups -OCH3 is 1. The maximum Gasteiger partial charge on any atom is 0.335 e. The zero-order valence-corrected chi connectivity index (χ0v) is 8.43. The van der Waals surface area contributed by atoms with Crippen molar-refractivity contribution in [2.45, 2.75) is 0 Å². The Labute approximate surface area is 88.3 Å². The highest BCUT2D eigenvalue weighted by Gasteiger charge is 2.01. The van der Waals surface area contributed by atoms with Crippen molar-refractivity contribution >= 4 is 12.0 Å². The van der Waals surface area contributed by atoms with E-state index >= 15 is 0 Å². The van der Waals surface area contributed by atoms with Crippen LogP contribution in [0.1, 0.15) is 5.56 Å². The van der Waals surface area contributed by atoms with Crippen molar-refractivity contribution in [3.05, 3.63) is 48.1 Å². The molecule has 0 spiro atoms. The van der Waals surface area contributed by atoms with Crippen LogP contribution in [0.15, 0.2) is 42.5 Å². The summed E-state index contributed by atoms with van der Waals surface area (Å²) in [6, 6.07) is 7.11. The van der Waals surface area contributed by atoms with Gasteiger partial charge in [-0.1, -0.05) is 24.8 Å². The van der Waals surface area contributed by atoms with Crippen LogP contribution in [0.4, 0.5) is 0 Å². The summed E-state index contributed by atoms with van der Waals surface area (Å²) in [5, 5.41) is 8.77. The van der Waals surface area contributed by atoms with E-state index in [1.54, 1.807) is 37.5 Å². The molecule has 0 radical (unpaired) electrons. The lowest BCUT2D eigenvalue weighted by molar-refractivity contribution is -0.132. The summed E-state index contributed by atoms with van der Waals surface area (Å²) in [4.78, 5) is 10.7. The van der Waals surface area contributed by atoms with Gasteiger partial charge in [-0.25, -0.2) is 4.79 Å². The summed E-state index contributed by atoms with van der Waals surface area (Å²) < 4.78 is 4.99. The molecule has 1 rings (SSSR count). The Morgan fingerprint density at radius 2 is 2.00 bits per heavy atom. The topological polar surface area (TPSA) is 46.5 Å². The van der Waals surface area contributed by atoms with Crippen LogP contribution in [0, 0.1) is 0 Å². The zero-order valence-electron chi connectivity index (χ0n) is 8.43. The number of ether oxygens (including phenoxy) is 1. The van der Waals surface area contributed by atoms with E-state index in [-0.39, 0.29) is 5.57 Å². The van der Waals surface area contributed by atoms with Crippen LogP contribution in [0.2, 0.25) is 0 Å². The van der Waals surface area contributed by atoms with Gasteiger partial charge in [-0.3, -0.25) is 0 Å². The molecule has 0 aliphatic carbocycles. The fourth-order valence-electron chi connectivity index (χ4n) is 1.09. The predicted molar refractivity (Wildman–Crippen MR) is 58.8 cm³/mol. The Balaban J connectivity index is 2.96. The van der Waals surface area contributed by atoms with Gasteiger partial charge in [0.2, 0.25) is 0 Å². The Bertz CT molecular complexity index is 388. The van der Waals surface area contributed by atoms with E-state index in [4.69, 9.17) is 9.84 Å². The van der Waals surface area contributed by atoms with Gasteiger partial charge in [-0.2, -0.15) is 0 Å². The first-order valence-corrected chi connectivity index (χ1v) is 4.39. The predicted octanol–water partition coefficient (Wildman–Crippen LogP) is 2.35. The third-order valence-electron chi connectivity index (χ3n) is 1.90. The smallest absolute Gasteiger partial charge is 0.335 e. The molecule has 1 N–H and O–H groups in total. The summed E-state index contributed by atoms with van der Waals surface area (Å²) in [6.45, 7) is 3.44. The molecule has 3 nitrogen and oxygen atoms in total. The zero-order chi connectivity index (χ0) is 11.3. The average Bonchev–Trinajstić information content (AvgIpc) is 2.26. The largest absolute Gasteiger partial charge is 0.497 e. The molecular weight excluding hydrogens is 192 g/mol. The molecule has 3 heteroatoms. The first-order chi connectivity index (χ1) is 7.17. The van der Waals surface area contributed by atoms with Crippen LogP contribution < -0.4 is 4.74 Å². The van der Waals surface area contributed by atoms with Gasteiger partial charge >= 0.3 is 5.97 Å². The summed E-state index contributed by atoms with van der Waals surface area (Å²) in [5.74, 6) is -0.247. The second-order valence-electron chi connectivity index (χ2n) is 2.88. The number of aliphatic carboxylic acids is 1. The van der Waals surface area contributed by atoms with Crippen LogP contribution in [0.3, 0.4) is 0 Å². The van der Waals surface area contributed by atoms with E-state index in [1.165, 1.54) is 6.08 Å². The van der Waals surface area contributed by atoms with E-state index in [0.29, 0.717) is 0 Å². The maximum atomic E-state index is 10.7. The van der Waals surface area contributed by atoms with Crippen molar-refractivity contribution in [3.63, 3.8) is 0 Å². The van der Waals surface area contributed by atoms with Crippen LogP contribution in [-0.2, 0) is 4.79 Å². The van der Waals surface area contributed by atoms with Crippen LogP contribution >= 0.6 is 0 Å². The molecule has 1 aromatic carbocycles. The molecule has 0 saturated carbocycles. The molecule has 0 aliphatic heterocycles. The fourth-order valence-corrected chi connectivity index (χ4v) is 1.09. The molecule has 0 aliphatic rings. The van der Waals surface area contributed by atoms with Crippen LogP contribution in [0.25, 0.3) is 6.08 Å². The number of carboxylic acid groups (broad SMARTS) is 1. The fraction of sp³-hybridized carbons (Fsp3) is 0.0833. The van der Waals surface area contributed by atoms with Crippen LogP contribution in [-0.4, -0.2) is 18.2 Å². The van der Waals surface area contributed by atoms with Gasteiger partial charge in [0, 0.05) is 0 Å². The van der Waals surface area contributed by atoms with Crippen molar-refractivity contribution < 1.29 is 14.6 Å². The van der Waals surface area contributed by atoms with Gasteiger partial charge < -0.3 is 9.84 Å². The van der Waals surface area contributed by atoms with E-state index in [2.05, 4.69) is 6.58 Å². The van der Waals surface area contributed by atoms with Crippen molar-refractivity contribution in [2.24, 2.45) is 0 Å². The quantitative estimate of drug-likeness (QED) is 0.605. The SMILES string of the molecule is C=C/C(=C\c1ccc(OC)cc1)C(=O)O. The minimum atomic E-state index is -0.985. The van der Waals surface area contributed by atoms with E-state index in [9.17, 15) is 4.79 Å². The Kier molecular flexibility index (Phi) is 3.68. The summed E-state index contributed by atoms with van der Waals surface area (Å²) in [7, 11) is 1.58. The lowest BCUT2D eigenvalue weighted by atomic mass is 10.1. The lowest BCUT2D eigenvalue weighted by Gasteiger charge is -2.00. The first kappa shape index (κ1) is 11.0. The number of rotatable bonds is 4. The summed E-state index contributed by atoms with van der Waals surface area (Å²) in [6.07, 6.45) is 2.86. The molecule has 0 saturated heterocycles. The van der Waals surface area contributed by atoms with Crippen molar-refractivity contribution in [2.75, 3.05) is 7.11 Å². The molecular formula is C12H12O3. The summed E-state index contributed by atoms with van der Waals surface area (Å²) in [5.41, 5.74) is 0.966. The maximum absolute atomic E-state index is 10.7. The molecule has 0 amide bonds. The second-order valence-corrected chi connectivity index (χ2v) is 2.88. The third kappa shape index (κ3) is 2.98. The van der Waals surface area contributed by atoms with E-state index in [0.717, 1.165) is 11.3 Å². The van der Waals surface area contributed by atoms with Gasteiger partial charge in [-0.15, -0.1) is 0 Å². The number of benzene rings is 1. The van der Waals surface area contributed by atoms with E-state index in [1.807, 2.05) is 0 Å². The van der Waals surface area contributed by atoms with Gasteiger partial charge in [0.25, 0.3) is 0 Å². The molecule has 0 aromatic heterocycles. The molecule has 0 fully saturated rings. The lowest BCUT2D eigenvalue weighted by Crippen LogP contribution is -1.96. The molecule has 78 valence electrons. The molecule has 0 atom stereocenters. The highest BCUT2D eigenvalue weighted by molar-refractivity contribution is 5.95. The molecule has 15 heavy (non-hydrogen) atoms. The highest BCUT2D eigenvalue weighted by atomic mass is 16.5. The molecule has 0 heterocycles. The van der Waals surface area contributed by atoms with Crippen molar-refractivity contribution in [3.8, 4) is 5.75 Å². The van der Waals surface area contributed by atoms with Gasteiger partial charge in [0.05, 0.1) is 12.7 Å². The molecule has 1 aromatic rings. The highest BCUT2D eigenvalue weighted by Crippen LogP contribution is 2.14. The van der Waals surface area contributed by atoms with Gasteiger partial charge in [0.1, 0.15) is 5.75 Å². The van der Waals surface area contributed by atoms with Crippen LogP contribution in [0.5, 0.6) is 5.75 Å². The summed E-state index contributed by atoms with van der Waals surface area (Å²) >= 11 is 0. The minimum absolute atomic E-state index is 0.167. The second kappa shape index (κ2) is 5.00. The number of hydrogen-bond donors (Lipinski definition) is 1. The Morgan fingerprint density at radius 1 is 1.40 bits per heavy atom. The standard InChI is InChI=1S/C12H12O3/c1-3-10(12(13)14)8-9-4-6-11(15-2)7-5-9/h3-8H,1H2,2H3,(H,13,14)/b10-8+. The van der Waals surface area contributed by atoms with Crippen molar-refractivity contribution in [1.29, 1.82) is 0 Å². The average molecular weight is 204 g/mol.